The Labute approximate surface area is 142 Å². The molecule has 0 bridgehead atoms. The number of rotatable bonds is 5. The number of carbonyl (C=O) groups is 2. The molecule has 1 saturated heterocycles. The summed E-state index contributed by atoms with van der Waals surface area (Å²) >= 11 is 0. The molecule has 0 unspecified atom stereocenters. The highest BCUT2D eigenvalue weighted by Gasteiger charge is 2.21. The zero-order chi connectivity index (χ0) is 17.6. The second kappa shape index (κ2) is 7.84. The van der Waals surface area contributed by atoms with Gasteiger partial charge in [-0.3, -0.25) is 9.59 Å². The Bertz CT molecular complexity index is 758. The smallest absolute Gasteiger partial charge is 0.315 e. The van der Waals surface area contributed by atoms with Crippen molar-refractivity contribution in [2.75, 3.05) is 26.3 Å². The second-order valence-corrected chi connectivity index (χ2v) is 5.46. The van der Waals surface area contributed by atoms with Crippen molar-refractivity contribution in [2.45, 2.75) is 13.0 Å². The first-order valence-electron chi connectivity index (χ1n) is 7.83. The number of aromatic nitrogens is 2. The minimum absolute atomic E-state index is 0.00404. The van der Waals surface area contributed by atoms with Crippen LogP contribution in [0.2, 0.25) is 0 Å². The van der Waals surface area contributed by atoms with Crippen LogP contribution in [0.4, 0.5) is 4.39 Å². The van der Waals surface area contributed by atoms with Crippen molar-refractivity contribution in [3.63, 3.8) is 0 Å². The quantitative estimate of drug-likeness (QED) is 0.847. The van der Waals surface area contributed by atoms with Crippen molar-refractivity contribution in [2.24, 2.45) is 0 Å². The number of halogens is 1. The monoisotopic (exact) mass is 348 g/mol. The first-order valence-corrected chi connectivity index (χ1v) is 7.83. The third-order valence-corrected chi connectivity index (χ3v) is 3.73. The van der Waals surface area contributed by atoms with Crippen LogP contribution in [0.1, 0.15) is 22.1 Å². The molecule has 0 saturated carbocycles. The Kier molecular flexibility index (Phi) is 5.34. The van der Waals surface area contributed by atoms with Gasteiger partial charge < -0.3 is 19.5 Å². The van der Waals surface area contributed by atoms with Gasteiger partial charge in [-0.2, -0.15) is 4.98 Å². The summed E-state index contributed by atoms with van der Waals surface area (Å²) in [7, 11) is 0. The van der Waals surface area contributed by atoms with E-state index in [1.165, 1.54) is 6.07 Å². The molecule has 2 aromatic rings. The van der Waals surface area contributed by atoms with E-state index in [0.717, 1.165) is 0 Å². The van der Waals surface area contributed by atoms with Gasteiger partial charge in [-0.05, 0) is 6.07 Å². The highest BCUT2D eigenvalue weighted by molar-refractivity contribution is 5.89. The van der Waals surface area contributed by atoms with Crippen LogP contribution in [-0.4, -0.2) is 53.2 Å². The van der Waals surface area contributed by atoms with Crippen LogP contribution < -0.4 is 5.32 Å². The molecule has 0 spiro atoms. The molecule has 3 rings (SSSR count). The Hall–Kier alpha value is -2.81. The SMILES string of the molecule is O=C(NCc1ccccc1F)c1nc(CC(=O)N2CCOCC2)no1. The van der Waals surface area contributed by atoms with Crippen LogP contribution >= 0.6 is 0 Å². The number of hydrogen-bond donors (Lipinski definition) is 1. The number of amides is 2. The molecule has 1 N–H and O–H groups in total. The molecule has 2 amide bonds. The molecule has 0 radical (unpaired) electrons. The molecule has 1 fully saturated rings. The Balaban J connectivity index is 1.54. The highest BCUT2D eigenvalue weighted by atomic mass is 19.1. The summed E-state index contributed by atoms with van der Waals surface area (Å²) in [5.41, 5.74) is 0.345. The summed E-state index contributed by atoms with van der Waals surface area (Å²) in [6.07, 6.45) is -0.0515. The van der Waals surface area contributed by atoms with Crippen LogP contribution in [0.15, 0.2) is 28.8 Å². The van der Waals surface area contributed by atoms with E-state index in [0.29, 0.717) is 31.9 Å². The van der Waals surface area contributed by atoms with Crippen LogP contribution in [0.25, 0.3) is 0 Å². The number of benzene rings is 1. The first-order chi connectivity index (χ1) is 12.1. The van der Waals surface area contributed by atoms with Gasteiger partial charge in [0.1, 0.15) is 5.82 Å². The van der Waals surface area contributed by atoms with E-state index in [9.17, 15) is 14.0 Å². The van der Waals surface area contributed by atoms with Gasteiger partial charge in [0.25, 0.3) is 0 Å². The fraction of sp³-hybridized carbons (Fsp3) is 0.375. The average molecular weight is 348 g/mol. The minimum Gasteiger partial charge on any atom is -0.378 e. The molecule has 9 heteroatoms. The van der Waals surface area contributed by atoms with Crippen molar-refractivity contribution >= 4 is 11.8 Å². The number of hydrogen-bond acceptors (Lipinski definition) is 6. The number of carbonyl (C=O) groups excluding carboxylic acids is 2. The summed E-state index contributed by atoms with van der Waals surface area (Å²) in [5, 5.41) is 6.14. The lowest BCUT2D eigenvalue weighted by atomic mass is 10.2. The van der Waals surface area contributed by atoms with Crippen molar-refractivity contribution in [1.29, 1.82) is 0 Å². The molecule has 1 aromatic heterocycles. The molecular formula is C16H17FN4O4. The molecule has 1 aliphatic rings. The summed E-state index contributed by atoms with van der Waals surface area (Å²) < 4.78 is 23.6. The van der Waals surface area contributed by atoms with E-state index in [4.69, 9.17) is 9.26 Å². The summed E-state index contributed by atoms with van der Waals surface area (Å²) in [6, 6.07) is 6.11. The maximum Gasteiger partial charge on any atom is 0.315 e. The standard InChI is InChI=1S/C16H17FN4O4/c17-12-4-2-1-3-11(12)10-18-15(23)16-19-13(20-25-16)9-14(22)21-5-7-24-8-6-21/h1-4H,5-10H2,(H,18,23). The van der Waals surface area contributed by atoms with Gasteiger partial charge in [0, 0.05) is 25.2 Å². The predicted molar refractivity (Wildman–Crippen MR) is 83.0 cm³/mol. The average Bonchev–Trinajstić information content (AvgIpc) is 3.10. The summed E-state index contributed by atoms with van der Waals surface area (Å²) in [5.74, 6) is -1.32. The normalized spacial score (nSPS) is 14.4. The lowest BCUT2D eigenvalue weighted by molar-refractivity contribution is -0.134. The predicted octanol–water partition coefficient (Wildman–Crippen LogP) is 0.540. The van der Waals surface area contributed by atoms with Gasteiger partial charge in [-0.15, -0.1) is 0 Å². The molecule has 1 aliphatic heterocycles. The van der Waals surface area contributed by atoms with Crippen LogP contribution in [0.3, 0.4) is 0 Å². The zero-order valence-corrected chi connectivity index (χ0v) is 13.4. The van der Waals surface area contributed by atoms with E-state index in [2.05, 4.69) is 15.5 Å². The molecule has 1 aromatic carbocycles. The largest absolute Gasteiger partial charge is 0.378 e. The third kappa shape index (κ3) is 4.38. The molecule has 132 valence electrons. The highest BCUT2D eigenvalue weighted by Crippen LogP contribution is 2.07. The van der Waals surface area contributed by atoms with Gasteiger partial charge in [-0.1, -0.05) is 23.4 Å². The van der Waals surface area contributed by atoms with Gasteiger partial charge >= 0.3 is 11.8 Å². The molecule has 2 heterocycles. The lowest BCUT2D eigenvalue weighted by Gasteiger charge is -2.26. The first kappa shape index (κ1) is 17.0. The van der Waals surface area contributed by atoms with E-state index < -0.39 is 11.7 Å². The van der Waals surface area contributed by atoms with E-state index in [1.54, 1.807) is 23.1 Å². The summed E-state index contributed by atoms with van der Waals surface area (Å²) in [4.78, 5) is 29.7. The van der Waals surface area contributed by atoms with Crippen molar-refractivity contribution < 1.29 is 23.2 Å². The van der Waals surface area contributed by atoms with Gasteiger partial charge in [-0.25, -0.2) is 4.39 Å². The van der Waals surface area contributed by atoms with Crippen molar-refractivity contribution in [3.05, 3.63) is 47.4 Å². The fourth-order valence-corrected chi connectivity index (χ4v) is 2.37. The molecular weight excluding hydrogens is 331 g/mol. The maximum atomic E-state index is 13.5. The number of ether oxygens (including phenoxy) is 1. The molecule has 0 aliphatic carbocycles. The third-order valence-electron chi connectivity index (χ3n) is 3.73. The van der Waals surface area contributed by atoms with Gasteiger partial charge in [0.05, 0.1) is 19.6 Å². The van der Waals surface area contributed by atoms with Crippen LogP contribution in [0.5, 0.6) is 0 Å². The Morgan fingerprint density at radius 1 is 1.24 bits per heavy atom. The molecule has 0 atom stereocenters. The topological polar surface area (TPSA) is 97.6 Å². The minimum atomic E-state index is -0.624. The van der Waals surface area contributed by atoms with E-state index in [-0.39, 0.29) is 30.6 Å². The van der Waals surface area contributed by atoms with E-state index in [1.807, 2.05) is 0 Å². The Morgan fingerprint density at radius 3 is 2.76 bits per heavy atom. The van der Waals surface area contributed by atoms with Crippen molar-refractivity contribution in [1.82, 2.24) is 20.4 Å². The second-order valence-electron chi connectivity index (χ2n) is 5.46. The number of nitrogens with one attached hydrogen (secondary N) is 1. The molecule has 25 heavy (non-hydrogen) atoms. The zero-order valence-electron chi connectivity index (χ0n) is 13.4. The van der Waals surface area contributed by atoms with Gasteiger partial charge in [0.2, 0.25) is 5.91 Å². The van der Waals surface area contributed by atoms with Crippen molar-refractivity contribution in [3.8, 4) is 0 Å². The van der Waals surface area contributed by atoms with E-state index >= 15 is 0 Å². The molecule has 8 nitrogen and oxygen atoms in total. The van der Waals surface area contributed by atoms with Crippen LogP contribution in [-0.2, 0) is 22.5 Å². The maximum absolute atomic E-state index is 13.5. The lowest BCUT2D eigenvalue weighted by Crippen LogP contribution is -2.41. The number of nitrogens with zero attached hydrogens (tertiary/aromatic N) is 3. The van der Waals surface area contributed by atoms with Crippen LogP contribution in [0, 0.1) is 5.82 Å². The number of morpholine rings is 1. The Morgan fingerprint density at radius 2 is 2.00 bits per heavy atom. The summed E-state index contributed by atoms with van der Waals surface area (Å²) in [6.45, 7) is 2.04. The van der Waals surface area contributed by atoms with Gasteiger partial charge in [0.15, 0.2) is 5.82 Å². The fourth-order valence-electron chi connectivity index (χ4n) is 2.37.